The number of hydrogen-bond acceptors (Lipinski definition) is 3. The number of benzene rings is 2. The van der Waals surface area contributed by atoms with E-state index in [0.717, 1.165) is 6.42 Å². The highest BCUT2D eigenvalue weighted by Gasteiger charge is 2.08. The van der Waals surface area contributed by atoms with Crippen molar-refractivity contribution in [1.29, 1.82) is 0 Å². The first-order chi connectivity index (χ1) is 12.5. The maximum absolute atomic E-state index is 12.9. The second-order valence-corrected chi connectivity index (χ2v) is 5.78. The van der Waals surface area contributed by atoms with E-state index in [0.29, 0.717) is 28.5 Å². The smallest absolute Gasteiger partial charge is 0.269 e. The zero-order valence-corrected chi connectivity index (χ0v) is 15.0. The van der Waals surface area contributed by atoms with Crippen molar-refractivity contribution in [2.75, 3.05) is 11.9 Å². The number of anilines is 1. The number of hydrogen-bond donors (Lipinski definition) is 4. The molecule has 0 aliphatic heterocycles. The molecule has 0 radical (unpaired) electrons. The van der Waals surface area contributed by atoms with Crippen molar-refractivity contribution >= 4 is 34.8 Å². The third kappa shape index (κ3) is 5.82. The Balaban J connectivity index is 1.89. The molecule has 0 unspecified atom stereocenters. The first-order valence-electron chi connectivity index (χ1n) is 8.00. The number of halogens is 1. The van der Waals surface area contributed by atoms with E-state index in [1.54, 1.807) is 24.3 Å². The number of thiocarbonyl (C=S) groups is 1. The van der Waals surface area contributed by atoms with Crippen LogP contribution in [-0.2, 0) is 0 Å². The molecule has 0 saturated heterocycles. The number of nitrogens with one attached hydrogen (secondary N) is 4. The largest absolute Gasteiger partial charge is 0.361 e. The molecule has 0 spiro atoms. The molecule has 0 fully saturated rings. The van der Waals surface area contributed by atoms with Crippen LogP contribution in [0.1, 0.15) is 34.1 Å². The Kier molecular flexibility index (Phi) is 7.04. The summed E-state index contributed by atoms with van der Waals surface area (Å²) in [5.41, 5.74) is 6.35. The average Bonchev–Trinajstić information content (AvgIpc) is 2.65. The summed E-state index contributed by atoms with van der Waals surface area (Å²) < 4.78 is 12.9. The molecule has 2 aromatic carbocycles. The third-order valence-corrected chi connectivity index (χ3v) is 3.58. The van der Waals surface area contributed by atoms with Crippen molar-refractivity contribution in [1.82, 2.24) is 16.2 Å². The summed E-state index contributed by atoms with van der Waals surface area (Å²) in [6, 6.07) is 11.6. The highest BCUT2D eigenvalue weighted by molar-refractivity contribution is 7.80. The summed E-state index contributed by atoms with van der Waals surface area (Å²) in [4.78, 5) is 24.1. The summed E-state index contributed by atoms with van der Waals surface area (Å²) in [5, 5.41) is 5.94. The zero-order valence-electron chi connectivity index (χ0n) is 14.1. The van der Waals surface area contributed by atoms with Crippen LogP contribution in [0, 0.1) is 5.82 Å². The number of carbonyl (C=O) groups is 2. The lowest BCUT2D eigenvalue weighted by Crippen LogP contribution is -2.46. The molecule has 0 atom stereocenters. The molecule has 136 valence electrons. The molecule has 4 N–H and O–H groups in total. The minimum absolute atomic E-state index is 0.336. The molecule has 0 saturated carbocycles. The first-order valence-corrected chi connectivity index (χ1v) is 8.41. The van der Waals surface area contributed by atoms with Crippen LogP contribution in [0.2, 0.25) is 0 Å². The highest BCUT2D eigenvalue weighted by Crippen LogP contribution is 2.12. The summed E-state index contributed by atoms with van der Waals surface area (Å²) in [5.74, 6) is -1.13. The van der Waals surface area contributed by atoms with E-state index < -0.39 is 5.82 Å². The molecule has 0 aliphatic rings. The second kappa shape index (κ2) is 9.47. The van der Waals surface area contributed by atoms with Crippen molar-refractivity contribution in [3.63, 3.8) is 0 Å². The van der Waals surface area contributed by atoms with E-state index in [-0.39, 0.29) is 11.8 Å². The number of carbonyl (C=O) groups excluding carboxylic acids is 2. The highest BCUT2D eigenvalue weighted by atomic mass is 32.1. The van der Waals surface area contributed by atoms with Gasteiger partial charge >= 0.3 is 0 Å². The fourth-order valence-corrected chi connectivity index (χ4v) is 2.13. The SMILES string of the molecule is CCCNC(=S)NNC(=O)c1ccc(NC(=O)c2ccc(F)cc2)cc1. The van der Waals surface area contributed by atoms with Gasteiger partial charge in [-0.1, -0.05) is 6.92 Å². The molecule has 2 aromatic rings. The van der Waals surface area contributed by atoms with E-state index in [9.17, 15) is 14.0 Å². The molecule has 8 heteroatoms. The molecular weight excluding hydrogens is 355 g/mol. The number of amides is 2. The van der Waals surface area contributed by atoms with Crippen LogP contribution in [0.5, 0.6) is 0 Å². The molecular formula is C18H19FN4O2S. The Morgan fingerprint density at radius 1 is 0.923 bits per heavy atom. The summed E-state index contributed by atoms with van der Waals surface area (Å²) in [6.45, 7) is 2.72. The van der Waals surface area contributed by atoms with Gasteiger partial charge in [0.1, 0.15) is 5.82 Å². The maximum atomic E-state index is 12.9. The van der Waals surface area contributed by atoms with Gasteiger partial charge in [0.2, 0.25) is 0 Å². The molecule has 6 nitrogen and oxygen atoms in total. The van der Waals surface area contributed by atoms with Crippen molar-refractivity contribution in [2.24, 2.45) is 0 Å². The zero-order chi connectivity index (χ0) is 18.9. The van der Waals surface area contributed by atoms with Crippen LogP contribution < -0.4 is 21.5 Å². The second-order valence-electron chi connectivity index (χ2n) is 5.37. The van der Waals surface area contributed by atoms with Gasteiger partial charge in [-0.2, -0.15) is 0 Å². The fourth-order valence-electron chi connectivity index (χ4n) is 1.98. The van der Waals surface area contributed by atoms with Crippen molar-refractivity contribution in [3.05, 3.63) is 65.5 Å². The minimum Gasteiger partial charge on any atom is -0.361 e. The van der Waals surface area contributed by atoms with Crippen molar-refractivity contribution in [2.45, 2.75) is 13.3 Å². The topological polar surface area (TPSA) is 82.3 Å². The first kappa shape index (κ1) is 19.3. The van der Waals surface area contributed by atoms with Crippen LogP contribution >= 0.6 is 12.2 Å². The van der Waals surface area contributed by atoms with Gasteiger partial charge in [0, 0.05) is 23.4 Å². The molecule has 26 heavy (non-hydrogen) atoms. The Bertz CT molecular complexity index is 779. The van der Waals surface area contributed by atoms with Crippen LogP contribution in [0.25, 0.3) is 0 Å². The molecule has 0 aliphatic carbocycles. The van der Waals surface area contributed by atoms with E-state index in [4.69, 9.17) is 12.2 Å². The van der Waals surface area contributed by atoms with Gasteiger partial charge in [0.05, 0.1) is 0 Å². The van der Waals surface area contributed by atoms with Gasteiger partial charge in [-0.3, -0.25) is 20.4 Å². The van der Waals surface area contributed by atoms with Crippen LogP contribution in [0.3, 0.4) is 0 Å². The third-order valence-electron chi connectivity index (χ3n) is 3.34. The average molecular weight is 374 g/mol. The van der Waals surface area contributed by atoms with Gasteiger partial charge in [-0.15, -0.1) is 0 Å². The number of hydrazine groups is 1. The molecule has 0 aromatic heterocycles. The predicted molar refractivity (Wildman–Crippen MR) is 102 cm³/mol. The lowest BCUT2D eigenvalue weighted by atomic mass is 10.1. The predicted octanol–water partition coefficient (Wildman–Crippen LogP) is 2.60. The lowest BCUT2D eigenvalue weighted by Gasteiger charge is -2.11. The summed E-state index contributed by atoms with van der Waals surface area (Å²) >= 11 is 5.00. The molecule has 0 heterocycles. The molecule has 2 rings (SSSR count). The Labute approximate surface area is 156 Å². The van der Waals surface area contributed by atoms with Crippen LogP contribution in [-0.4, -0.2) is 23.5 Å². The quantitative estimate of drug-likeness (QED) is 0.478. The lowest BCUT2D eigenvalue weighted by molar-refractivity contribution is 0.0943. The van der Waals surface area contributed by atoms with Gasteiger partial charge in [0.15, 0.2) is 5.11 Å². The Morgan fingerprint density at radius 2 is 1.50 bits per heavy atom. The monoisotopic (exact) mass is 374 g/mol. The standard InChI is InChI=1S/C18H19FN4O2S/c1-2-11-20-18(26)23-22-17(25)13-5-9-15(10-6-13)21-16(24)12-3-7-14(19)8-4-12/h3-10H,2,11H2,1H3,(H,21,24)(H,22,25)(H2,20,23,26). The molecule has 0 bridgehead atoms. The fraction of sp³-hybridized carbons (Fsp3) is 0.167. The van der Waals surface area contributed by atoms with E-state index in [2.05, 4.69) is 21.5 Å². The van der Waals surface area contributed by atoms with E-state index >= 15 is 0 Å². The van der Waals surface area contributed by atoms with E-state index in [1.165, 1.54) is 24.3 Å². The normalized spacial score (nSPS) is 9.92. The summed E-state index contributed by atoms with van der Waals surface area (Å²) in [6.07, 6.45) is 0.918. The van der Waals surface area contributed by atoms with E-state index in [1.807, 2.05) is 6.92 Å². The van der Waals surface area contributed by atoms with Crippen molar-refractivity contribution < 1.29 is 14.0 Å². The van der Waals surface area contributed by atoms with Gasteiger partial charge in [-0.05, 0) is 67.2 Å². The maximum Gasteiger partial charge on any atom is 0.269 e. The van der Waals surface area contributed by atoms with Crippen LogP contribution in [0.15, 0.2) is 48.5 Å². The number of rotatable bonds is 5. The Morgan fingerprint density at radius 3 is 2.12 bits per heavy atom. The van der Waals surface area contributed by atoms with Gasteiger partial charge in [0.25, 0.3) is 11.8 Å². The van der Waals surface area contributed by atoms with Crippen molar-refractivity contribution in [3.8, 4) is 0 Å². The van der Waals surface area contributed by atoms with Crippen LogP contribution in [0.4, 0.5) is 10.1 Å². The Hall–Kier alpha value is -3.00. The van der Waals surface area contributed by atoms with Gasteiger partial charge < -0.3 is 10.6 Å². The molecule has 2 amide bonds. The summed E-state index contributed by atoms with van der Waals surface area (Å²) in [7, 11) is 0. The minimum atomic E-state index is -0.407. The van der Waals surface area contributed by atoms with Gasteiger partial charge in [-0.25, -0.2) is 4.39 Å².